The molecule has 0 bridgehead atoms. The number of carbonyl (C=O) groups is 1. The summed E-state index contributed by atoms with van der Waals surface area (Å²) < 4.78 is 5.27. The van der Waals surface area contributed by atoms with Crippen LogP contribution in [-0.4, -0.2) is 27.5 Å². The molecule has 3 rings (SSSR count). The van der Waals surface area contributed by atoms with E-state index in [1.807, 2.05) is 52.1 Å². The Kier molecular flexibility index (Phi) is 5.95. The van der Waals surface area contributed by atoms with Gasteiger partial charge in [-0.1, -0.05) is 42.4 Å². The first-order valence-electron chi connectivity index (χ1n) is 8.43. The van der Waals surface area contributed by atoms with Crippen molar-refractivity contribution in [2.24, 2.45) is 0 Å². The van der Waals surface area contributed by atoms with Crippen LogP contribution in [0.15, 0.2) is 51.7 Å². The third-order valence-corrected chi connectivity index (χ3v) is 4.55. The van der Waals surface area contributed by atoms with Crippen molar-refractivity contribution in [1.82, 2.24) is 15.0 Å². The third kappa shape index (κ3) is 4.76. The van der Waals surface area contributed by atoms with Gasteiger partial charge >= 0.3 is 0 Å². The molecule has 1 aromatic carbocycles. The Balaban J connectivity index is 1.58. The lowest BCUT2D eigenvalue weighted by Gasteiger charge is -2.22. The molecular formula is C19H21N3O2S. The Bertz CT molecular complexity index is 784. The SMILES string of the molecule is CCCN(Cc1ccccc1)C(=O)CCc1nc(-c2ccsc2)no1. The lowest BCUT2D eigenvalue weighted by Crippen LogP contribution is -2.31. The van der Waals surface area contributed by atoms with Crippen LogP contribution in [0.4, 0.5) is 0 Å². The van der Waals surface area contributed by atoms with Gasteiger partial charge in [0.1, 0.15) is 0 Å². The number of benzene rings is 1. The minimum atomic E-state index is 0.112. The van der Waals surface area contributed by atoms with E-state index >= 15 is 0 Å². The second-order valence-electron chi connectivity index (χ2n) is 5.82. The summed E-state index contributed by atoms with van der Waals surface area (Å²) in [5.74, 6) is 1.20. The van der Waals surface area contributed by atoms with Crippen LogP contribution in [0.2, 0.25) is 0 Å². The van der Waals surface area contributed by atoms with Crippen molar-refractivity contribution in [3.63, 3.8) is 0 Å². The Morgan fingerprint density at radius 2 is 2.08 bits per heavy atom. The fraction of sp³-hybridized carbons (Fsp3) is 0.316. The zero-order valence-electron chi connectivity index (χ0n) is 14.2. The molecule has 0 unspecified atom stereocenters. The van der Waals surface area contributed by atoms with Gasteiger partial charge in [-0.05, 0) is 23.4 Å². The number of amides is 1. The van der Waals surface area contributed by atoms with Gasteiger partial charge in [0.25, 0.3) is 0 Å². The zero-order valence-corrected chi connectivity index (χ0v) is 15.0. The van der Waals surface area contributed by atoms with Crippen LogP contribution < -0.4 is 0 Å². The number of nitrogens with zero attached hydrogens (tertiary/aromatic N) is 3. The van der Waals surface area contributed by atoms with E-state index < -0.39 is 0 Å². The maximum atomic E-state index is 12.6. The molecule has 130 valence electrons. The van der Waals surface area contributed by atoms with E-state index in [0.29, 0.717) is 31.1 Å². The molecule has 0 aliphatic heterocycles. The van der Waals surface area contributed by atoms with Gasteiger partial charge in [0, 0.05) is 36.9 Å². The second-order valence-corrected chi connectivity index (χ2v) is 6.60. The summed E-state index contributed by atoms with van der Waals surface area (Å²) in [4.78, 5) is 18.9. The van der Waals surface area contributed by atoms with Crippen LogP contribution in [0, 0.1) is 0 Å². The lowest BCUT2D eigenvalue weighted by molar-refractivity contribution is -0.131. The number of aromatic nitrogens is 2. The quantitative estimate of drug-likeness (QED) is 0.608. The number of carbonyl (C=O) groups excluding carboxylic acids is 1. The molecule has 2 heterocycles. The Morgan fingerprint density at radius 3 is 2.80 bits per heavy atom. The molecule has 0 saturated heterocycles. The van der Waals surface area contributed by atoms with Gasteiger partial charge in [-0.15, -0.1) is 0 Å². The highest BCUT2D eigenvalue weighted by atomic mass is 32.1. The fourth-order valence-electron chi connectivity index (χ4n) is 2.60. The van der Waals surface area contributed by atoms with Crippen molar-refractivity contribution < 1.29 is 9.32 Å². The fourth-order valence-corrected chi connectivity index (χ4v) is 3.24. The summed E-state index contributed by atoms with van der Waals surface area (Å²) in [6, 6.07) is 12.0. The molecule has 1 amide bonds. The molecule has 25 heavy (non-hydrogen) atoms. The van der Waals surface area contributed by atoms with Gasteiger partial charge in [-0.2, -0.15) is 16.3 Å². The van der Waals surface area contributed by atoms with E-state index in [-0.39, 0.29) is 5.91 Å². The van der Waals surface area contributed by atoms with Crippen LogP contribution in [-0.2, 0) is 17.8 Å². The summed E-state index contributed by atoms with van der Waals surface area (Å²) in [6.07, 6.45) is 1.77. The highest BCUT2D eigenvalue weighted by Gasteiger charge is 2.16. The molecule has 3 aromatic rings. The predicted octanol–water partition coefficient (Wildman–Crippen LogP) is 4.17. The summed E-state index contributed by atoms with van der Waals surface area (Å²) in [7, 11) is 0. The number of aryl methyl sites for hydroxylation is 1. The van der Waals surface area contributed by atoms with Crippen molar-refractivity contribution in [1.29, 1.82) is 0 Å². The molecule has 0 N–H and O–H groups in total. The molecule has 6 heteroatoms. The smallest absolute Gasteiger partial charge is 0.227 e. The maximum absolute atomic E-state index is 12.6. The standard InChI is InChI=1S/C19H21N3O2S/c1-2-11-22(13-15-6-4-3-5-7-15)18(23)9-8-17-20-19(21-24-17)16-10-12-25-14-16/h3-7,10,12,14H,2,8-9,11,13H2,1H3. The Labute approximate surface area is 151 Å². The Hall–Kier alpha value is -2.47. The third-order valence-electron chi connectivity index (χ3n) is 3.86. The normalized spacial score (nSPS) is 10.8. The van der Waals surface area contributed by atoms with Gasteiger partial charge in [0.2, 0.25) is 17.6 Å². The van der Waals surface area contributed by atoms with Crippen molar-refractivity contribution >= 4 is 17.2 Å². The van der Waals surface area contributed by atoms with Crippen LogP contribution in [0.1, 0.15) is 31.2 Å². The molecule has 0 spiro atoms. The van der Waals surface area contributed by atoms with Gasteiger partial charge in [0.15, 0.2) is 0 Å². The highest BCUT2D eigenvalue weighted by molar-refractivity contribution is 7.08. The zero-order chi connectivity index (χ0) is 17.5. The van der Waals surface area contributed by atoms with Crippen LogP contribution in [0.25, 0.3) is 11.4 Å². The molecule has 0 aliphatic carbocycles. The average molecular weight is 355 g/mol. The van der Waals surface area contributed by atoms with E-state index in [1.54, 1.807) is 11.3 Å². The number of hydrogen-bond donors (Lipinski definition) is 0. The molecule has 0 atom stereocenters. The van der Waals surface area contributed by atoms with Crippen LogP contribution >= 0.6 is 11.3 Å². The molecule has 5 nitrogen and oxygen atoms in total. The van der Waals surface area contributed by atoms with E-state index in [0.717, 1.165) is 24.1 Å². The molecule has 0 aliphatic rings. The Morgan fingerprint density at radius 1 is 1.24 bits per heavy atom. The molecule has 0 saturated carbocycles. The van der Waals surface area contributed by atoms with E-state index in [4.69, 9.17) is 4.52 Å². The van der Waals surface area contributed by atoms with Crippen molar-refractivity contribution in [2.45, 2.75) is 32.7 Å². The predicted molar refractivity (Wildman–Crippen MR) is 98.1 cm³/mol. The summed E-state index contributed by atoms with van der Waals surface area (Å²) in [5, 5.41) is 7.93. The van der Waals surface area contributed by atoms with Gasteiger partial charge in [-0.25, -0.2) is 0 Å². The van der Waals surface area contributed by atoms with Crippen LogP contribution in [0.5, 0.6) is 0 Å². The monoisotopic (exact) mass is 355 g/mol. The number of rotatable bonds is 8. The summed E-state index contributed by atoms with van der Waals surface area (Å²) in [5.41, 5.74) is 2.09. The maximum Gasteiger partial charge on any atom is 0.227 e. The van der Waals surface area contributed by atoms with E-state index in [1.165, 1.54) is 0 Å². The summed E-state index contributed by atoms with van der Waals surface area (Å²) in [6.45, 7) is 3.46. The minimum absolute atomic E-state index is 0.112. The van der Waals surface area contributed by atoms with Gasteiger partial charge < -0.3 is 9.42 Å². The average Bonchev–Trinajstić information content (AvgIpc) is 3.31. The van der Waals surface area contributed by atoms with Crippen molar-refractivity contribution in [2.75, 3.05) is 6.54 Å². The largest absolute Gasteiger partial charge is 0.339 e. The molecule has 2 aromatic heterocycles. The van der Waals surface area contributed by atoms with Crippen molar-refractivity contribution in [3.05, 3.63) is 58.6 Å². The first-order valence-corrected chi connectivity index (χ1v) is 9.37. The second kappa shape index (κ2) is 8.58. The van der Waals surface area contributed by atoms with Crippen LogP contribution in [0.3, 0.4) is 0 Å². The summed E-state index contributed by atoms with van der Waals surface area (Å²) >= 11 is 1.59. The topological polar surface area (TPSA) is 59.2 Å². The number of hydrogen-bond acceptors (Lipinski definition) is 5. The molecule has 0 radical (unpaired) electrons. The lowest BCUT2D eigenvalue weighted by atomic mass is 10.2. The number of thiophene rings is 1. The van der Waals surface area contributed by atoms with E-state index in [2.05, 4.69) is 17.1 Å². The highest BCUT2D eigenvalue weighted by Crippen LogP contribution is 2.19. The van der Waals surface area contributed by atoms with Gasteiger partial charge in [-0.3, -0.25) is 4.79 Å². The van der Waals surface area contributed by atoms with Gasteiger partial charge in [0.05, 0.1) is 0 Å². The molecular weight excluding hydrogens is 334 g/mol. The first-order chi connectivity index (χ1) is 12.3. The van der Waals surface area contributed by atoms with Crippen molar-refractivity contribution in [3.8, 4) is 11.4 Å². The first kappa shape index (κ1) is 17.4. The minimum Gasteiger partial charge on any atom is -0.339 e. The molecule has 0 fully saturated rings. The van der Waals surface area contributed by atoms with E-state index in [9.17, 15) is 4.79 Å².